The van der Waals surface area contributed by atoms with E-state index < -0.39 is 0 Å². The lowest BCUT2D eigenvalue weighted by molar-refractivity contribution is -0.0156. The Morgan fingerprint density at radius 1 is 1.14 bits per heavy atom. The third-order valence-corrected chi connectivity index (χ3v) is 5.27. The first kappa shape index (κ1) is 17.7. The summed E-state index contributed by atoms with van der Waals surface area (Å²) in [5, 5.41) is 1.80. The molecule has 0 spiro atoms. The van der Waals surface area contributed by atoms with Crippen LogP contribution in [0, 0.1) is 0 Å². The van der Waals surface area contributed by atoms with Crippen LogP contribution < -0.4 is 15.2 Å². The maximum Gasteiger partial charge on any atom is 0.147 e. The standard InChI is InChI=1S/C21H21N5O3/c1-27-18-6-8-23-17-10-13(2-4-15(17)18)28-11-14-3-5-19(29-14)26-9-7-16-20(22)24-12-25-21(16)26/h2,4,6-10,12,14,19H,3,5,11H2,1H3,(H2,22,24,25). The number of hydrogen-bond acceptors (Lipinski definition) is 7. The molecule has 148 valence electrons. The second-order valence-electron chi connectivity index (χ2n) is 7.01. The van der Waals surface area contributed by atoms with Gasteiger partial charge in [0.15, 0.2) is 0 Å². The van der Waals surface area contributed by atoms with Gasteiger partial charge in [-0.2, -0.15) is 0 Å². The number of rotatable bonds is 5. The Hall–Kier alpha value is -3.39. The van der Waals surface area contributed by atoms with Gasteiger partial charge in [-0.3, -0.25) is 4.98 Å². The number of methoxy groups -OCH3 is 1. The maximum absolute atomic E-state index is 6.20. The molecule has 3 aromatic heterocycles. The van der Waals surface area contributed by atoms with Crippen molar-refractivity contribution in [3.05, 3.63) is 49.1 Å². The van der Waals surface area contributed by atoms with Gasteiger partial charge in [0.25, 0.3) is 0 Å². The van der Waals surface area contributed by atoms with Crippen molar-refractivity contribution < 1.29 is 14.2 Å². The zero-order valence-electron chi connectivity index (χ0n) is 16.0. The summed E-state index contributed by atoms with van der Waals surface area (Å²) in [7, 11) is 1.65. The van der Waals surface area contributed by atoms with Crippen molar-refractivity contribution in [2.45, 2.75) is 25.2 Å². The van der Waals surface area contributed by atoms with Crippen LogP contribution in [0.15, 0.2) is 49.1 Å². The molecule has 2 N–H and O–H groups in total. The number of nitrogen functional groups attached to an aromatic ring is 1. The molecule has 1 aromatic carbocycles. The lowest BCUT2D eigenvalue weighted by Crippen LogP contribution is -2.18. The van der Waals surface area contributed by atoms with Gasteiger partial charge in [0.2, 0.25) is 0 Å². The van der Waals surface area contributed by atoms with Gasteiger partial charge < -0.3 is 24.5 Å². The van der Waals surface area contributed by atoms with Gasteiger partial charge in [0, 0.05) is 23.8 Å². The van der Waals surface area contributed by atoms with E-state index in [1.165, 1.54) is 6.33 Å². The van der Waals surface area contributed by atoms with Crippen LogP contribution in [0.3, 0.4) is 0 Å². The average molecular weight is 391 g/mol. The lowest BCUT2D eigenvalue weighted by atomic mass is 10.2. The summed E-state index contributed by atoms with van der Waals surface area (Å²) in [6.07, 6.45) is 6.87. The number of benzene rings is 1. The molecule has 1 saturated heterocycles. The molecule has 29 heavy (non-hydrogen) atoms. The fraction of sp³-hybridized carbons (Fsp3) is 0.286. The number of nitrogens with zero attached hydrogens (tertiary/aromatic N) is 4. The number of hydrogen-bond donors (Lipinski definition) is 1. The van der Waals surface area contributed by atoms with Crippen molar-refractivity contribution in [2.24, 2.45) is 0 Å². The number of aromatic nitrogens is 4. The second-order valence-corrected chi connectivity index (χ2v) is 7.01. The van der Waals surface area contributed by atoms with Gasteiger partial charge >= 0.3 is 0 Å². The average Bonchev–Trinajstić information content (AvgIpc) is 3.39. The number of fused-ring (bicyclic) bond motifs is 2. The first-order valence-electron chi connectivity index (χ1n) is 9.51. The van der Waals surface area contributed by atoms with Crippen LogP contribution in [0.5, 0.6) is 11.5 Å². The Labute approximate surface area is 167 Å². The van der Waals surface area contributed by atoms with Crippen LogP contribution in [0.1, 0.15) is 19.1 Å². The molecule has 1 aliphatic rings. The summed E-state index contributed by atoms with van der Waals surface area (Å²) in [5.74, 6) is 2.04. The quantitative estimate of drug-likeness (QED) is 0.557. The van der Waals surface area contributed by atoms with Crippen LogP contribution in [0.25, 0.3) is 21.9 Å². The van der Waals surface area contributed by atoms with Crippen LogP contribution >= 0.6 is 0 Å². The largest absolute Gasteiger partial charge is 0.496 e. The molecule has 5 rings (SSSR count). The van der Waals surface area contributed by atoms with Crippen molar-refractivity contribution in [1.82, 2.24) is 19.5 Å². The third-order valence-electron chi connectivity index (χ3n) is 5.27. The van der Waals surface area contributed by atoms with E-state index in [-0.39, 0.29) is 12.3 Å². The highest BCUT2D eigenvalue weighted by Gasteiger charge is 2.28. The molecule has 4 aromatic rings. The van der Waals surface area contributed by atoms with Gasteiger partial charge in [-0.1, -0.05) is 0 Å². The van der Waals surface area contributed by atoms with E-state index in [1.54, 1.807) is 13.3 Å². The fourth-order valence-corrected chi connectivity index (χ4v) is 3.80. The number of anilines is 1. The summed E-state index contributed by atoms with van der Waals surface area (Å²) >= 11 is 0. The first-order valence-corrected chi connectivity index (χ1v) is 9.51. The smallest absolute Gasteiger partial charge is 0.147 e. The summed E-state index contributed by atoms with van der Waals surface area (Å²) in [6, 6.07) is 9.58. The lowest BCUT2D eigenvalue weighted by Gasteiger charge is -2.16. The van der Waals surface area contributed by atoms with E-state index in [1.807, 2.05) is 41.1 Å². The Morgan fingerprint density at radius 3 is 2.97 bits per heavy atom. The first-order chi connectivity index (χ1) is 14.2. The van der Waals surface area contributed by atoms with Gasteiger partial charge in [0.1, 0.15) is 42.1 Å². The molecule has 2 atom stereocenters. The predicted molar refractivity (Wildman–Crippen MR) is 109 cm³/mol. The Bertz CT molecular complexity index is 1180. The van der Waals surface area contributed by atoms with Crippen molar-refractivity contribution in [2.75, 3.05) is 19.5 Å². The van der Waals surface area contributed by atoms with Gasteiger partial charge in [-0.05, 0) is 37.1 Å². The fourth-order valence-electron chi connectivity index (χ4n) is 3.80. The molecule has 0 saturated carbocycles. The molecule has 8 heteroatoms. The second kappa shape index (κ2) is 7.21. The van der Waals surface area contributed by atoms with Crippen molar-refractivity contribution in [3.8, 4) is 11.5 Å². The van der Waals surface area contributed by atoms with E-state index in [0.29, 0.717) is 12.4 Å². The van der Waals surface area contributed by atoms with Crippen LogP contribution in [-0.4, -0.2) is 39.3 Å². The summed E-state index contributed by atoms with van der Waals surface area (Å²) in [6.45, 7) is 0.475. The van der Waals surface area contributed by atoms with E-state index in [0.717, 1.165) is 46.3 Å². The minimum absolute atomic E-state index is 0.00518. The van der Waals surface area contributed by atoms with Gasteiger partial charge in [-0.15, -0.1) is 0 Å². The van der Waals surface area contributed by atoms with E-state index >= 15 is 0 Å². The van der Waals surface area contributed by atoms with Gasteiger partial charge in [-0.25, -0.2) is 9.97 Å². The van der Waals surface area contributed by atoms with E-state index in [4.69, 9.17) is 19.9 Å². The highest BCUT2D eigenvalue weighted by atomic mass is 16.6. The number of nitrogens with two attached hydrogens (primary N) is 1. The summed E-state index contributed by atoms with van der Waals surface area (Å²) in [5.41, 5.74) is 7.55. The third kappa shape index (κ3) is 3.21. The molecule has 0 radical (unpaired) electrons. The van der Waals surface area contributed by atoms with Crippen LogP contribution in [0.2, 0.25) is 0 Å². The monoisotopic (exact) mass is 391 g/mol. The van der Waals surface area contributed by atoms with Crippen molar-refractivity contribution in [1.29, 1.82) is 0 Å². The van der Waals surface area contributed by atoms with Crippen molar-refractivity contribution >= 4 is 27.8 Å². The van der Waals surface area contributed by atoms with E-state index in [2.05, 4.69) is 15.0 Å². The Morgan fingerprint density at radius 2 is 2.07 bits per heavy atom. The normalized spacial score (nSPS) is 19.1. The zero-order valence-corrected chi connectivity index (χ0v) is 16.0. The summed E-state index contributed by atoms with van der Waals surface area (Å²) in [4.78, 5) is 12.8. The minimum atomic E-state index is -0.0852. The van der Waals surface area contributed by atoms with Gasteiger partial charge in [0.05, 0.1) is 24.1 Å². The summed E-state index contributed by atoms with van der Waals surface area (Å²) < 4.78 is 19.6. The molecule has 1 fully saturated rings. The maximum atomic E-state index is 6.20. The van der Waals surface area contributed by atoms with E-state index in [9.17, 15) is 0 Å². The molecule has 4 heterocycles. The van der Waals surface area contributed by atoms with Crippen molar-refractivity contribution in [3.63, 3.8) is 0 Å². The zero-order chi connectivity index (χ0) is 19.8. The number of pyridine rings is 1. The molecule has 0 bridgehead atoms. The minimum Gasteiger partial charge on any atom is -0.496 e. The highest BCUT2D eigenvalue weighted by Crippen LogP contribution is 2.33. The Kier molecular flexibility index (Phi) is 4.40. The van der Waals surface area contributed by atoms with Crippen LogP contribution in [0.4, 0.5) is 5.82 Å². The Balaban J connectivity index is 1.27. The molecular formula is C21H21N5O3. The molecule has 2 unspecified atom stereocenters. The SMILES string of the molecule is COc1ccnc2cc(OCC3CCC(n4ccc5c(N)ncnc54)O3)ccc12. The predicted octanol–water partition coefficient (Wildman–Crippen LogP) is 3.33. The molecule has 0 amide bonds. The number of ether oxygens (including phenoxy) is 3. The highest BCUT2D eigenvalue weighted by molar-refractivity contribution is 5.86. The molecule has 1 aliphatic heterocycles. The molecule has 0 aliphatic carbocycles. The molecular weight excluding hydrogens is 370 g/mol. The molecule has 8 nitrogen and oxygen atoms in total. The van der Waals surface area contributed by atoms with Crippen LogP contribution in [-0.2, 0) is 4.74 Å². The topological polar surface area (TPSA) is 97.3 Å².